The molecule has 0 saturated carbocycles. The van der Waals surface area contributed by atoms with Gasteiger partial charge in [0.25, 0.3) is 0 Å². The van der Waals surface area contributed by atoms with Gasteiger partial charge in [-0.25, -0.2) is 4.79 Å². The van der Waals surface area contributed by atoms with Crippen molar-refractivity contribution in [3.05, 3.63) is 83.4 Å². The summed E-state index contributed by atoms with van der Waals surface area (Å²) in [6.07, 6.45) is -5.08. The SMILES string of the molecule is Cc1ccccc1Oc1ccc(C(=O)CNC(C)(C)C)cc1Oc1ccccc1C.O=C(O)C(F)(F)F. The van der Waals surface area contributed by atoms with Gasteiger partial charge >= 0.3 is 12.1 Å². The summed E-state index contributed by atoms with van der Waals surface area (Å²) in [6.45, 7) is 10.3. The minimum atomic E-state index is -5.08. The van der Waals surface area contributed by atoms with Gasteiger partial charge in [-0.2, -0.15) is 13.2 Å². The fourth-order valence-corrected chi connectivity index (χ4v) is 2.87. The molecule has 198 valence electrons. The summed E-state index contributed by atoms with van der Waals surface area (Å²) in [5, 5.41) is 10.4. The highest BCUT2D eigenvalue weighted by Crippen LogP contribution is 2.37. The van der Waals surface area contributed by atoms with E-state index in [-0.39, 0.29) is 17.9 Å². The number of ether oxygens (including phenoxy) is 2. The van der Waals surface area contributed by atoms with Gasteiger partial charge in [-0.15, -0.1) is 0 Å². The number of carboxylic acid groups (broad SMARTS) is 1. The average molecular weight is 518 g/mol. The predicted molar refractivity (Wildman–Crippen MR) is 135 cm³/mol. The summed E-state index contributed by atoms with van der Waals surface area (Å²) < 4.78 is 44.1. The lowest BCUT2D eigenvalue weighted by molar-refractivity contribution is -0.192. The first-order valence-corrected chi connectivity index (χ1v) is 11.4. The Morgan fingerprint density at radius 1 is 0.784 bits per heavy atom. The highest BCUT2D eigenvalue weighted by Gasteiger charge is 2.38. The van der Waals surface area contributed by atoms with E-state index >= 15 is 0 Å². The first-order valence-electron chi connectivity index (χ1n) is 11.4. The Labute approximate surface area is 214 Å². The molecule has 37 heavy (non-hydrogen) atoms. The molecule has 9 heteroatoms. The number of aliphatic carboxylic acids is 1. The summed E-state index contributed by atoms with van der Waals surface area (Å²) in [7, 11) is 0. The van der Waals surface area contributed by atoms with Crippen molar-refractivity contribution < 1.29 is 37.3 Å². The van der Waals surface area contributed by atoms with E-state index in [4.69, 9.17) is 19.4 Å². The third-order valence-corrected chi connectivity index (χ3v) is 4.91. The molecular weight excluding hydrogens is 487 g/mol. The van der Waals surface area contributed by atoms with Crippen LogP contribution in [0.25, 0.3) is 0 Å². The lowest BCUT2D eigenvalue weighted by Crippen LogP contribution is -2.39. The lowest BCUT2D eigenvalue weighted by atomic mass is 10.1. The molecule has 0 atom stereocenters. The third kappa shape index (κ3) is 9.61. The number of carbonyl (C=O) groups excluding carboxylic acids is 1. The van der Waals surface area contributed by atoms with Crippen LogP contribution in [-0.2, 0) is 4.79 Å². The highest BCUT2D eigenvalue weighted by molar-refractivity contribution is 5.98. The Balaban J connectivity index is 0.000000604. The van der Waals surface area contributed by atoms with Crippen LogP contribution >= 0.6 is 0 Å². The molecule has 0 radical (unpaired) electrons. The van der Waals surface area contributed by atoms with Gasteiger partial charge in [0.1, 0.15) is 11.5 Å². The van der Waals surface area contributed by atoms with Gasteiger partial charge in [-0.1, -0.05) is 36.4 Å². The number of aryl methyl sites for hydroxylation is 2. The van der Waals surface area contributed by atoms with E-state index in [1.54, 1.807) is 18.2 Å². The van der Waals surface area contributed by atoms with E-state index in [1.165, 1.54) is 0 Å². The van der Waals surface area contributed by atoms with E-state index in [2.05, 4.69) is 5.32 Å². The van der Waals surface area contributed by atoms with Crippen LogP contribution < -0.4 is 14.8 Å². The number of benzene rings is 3. The molecule has 0 aliphatic carbocycles. The lowest BCUT2D eigenvalue weighted by Gasteiger charge is -2.20. The van der Waals surface area contributed by atoms with Crippen LogP contribution in [0.15, 0.2) is 66.7 Å². The zero-order chi connectivity index (χ0) is 27.8. The number of Topliss-reactive ketones (excluding diaryl/α,β-unsaturated/α-hetero) is 1. The van der Waals surface area contributed by atoms with Crippen molar-refractivity contribution >= 4 is 11.8 Å². The van der Waals surface area contributed by atoms with E-state index in [0.29, 0.717) is 17.1 Å². The molecule has 3 rings (SSSR count). The van der Waals surface area contributed by atoms with E-state index < -0.39 is 12.1 Å². The maximum Gasteiger partial charge on any atom is 0.490 e. The standard InChI is InChI=1S/C26H29NO3.C2HF3O2/c1-18-10-6-8-12-22(18)29-24-15-14-20(21(28)17-27-26(3,4)5)16-25(24)30-23-13-9-7-11-19(23)2;3-2(4,5)1(6)7/h6-16,27H,17H2,1-5H3;(H,6,7). The number of hydrogen-bond acceptors (Lipinski definition) is 5. The van der Waals surface area contributed by atoms with Gasteiger partial charge in [0.15, 0.2) is 17.3 Å². The first kappa shape index (κ1) is 29.4. The number of carbonyl (C=O) groups is 2. The molecule has 0 heterocycles. The molecule has 0 bridgehead atoms. The first-order chi connectivity index (χ1) is 17.2. The number of hydrogen-bond donors (Lipinski definition) is 2. The Morgan fingerprint density at radius 2 is 1.24 bits per heavy atom. The van der Waals surface area contributed by atoms with Crippen molar-refractivity contribution in [2.45, 2.75) is 46.3 Å². The summed E-state index contributed by atoms with van der Waals surface area (Å²) in [4.78, 5) is 21.6. The molecule has 0 amide bonds. The number of rotatable bonds is 7. The Kier molecular flexibility index (Phi) is 9.85. The van der Waals surface area contributed by atoms with Crippen molar-refractivity contribution in [2.24, 2.45) is 0 Å². The Morgan fingerprint density at radius 3 is 1.68 bits per heavy atom. The molecule has 0 aliphatic heterocycles. The Hall–Kier alpha value is -3.85. The topological polar surface area (TPSA) is 84.9 Å². The van der Waals surface area contributed by atoms with Gasteiger partial charge in [-0.05, 0) is 76.1 Å². The van der Waals surface area contributed by atoms with Crippen LogP contribution in [0.1, 0.15) is 42.3 Å². The van der Waals surface area contributed by atoms with Gasteiger partial charge < -0.3 is 19.9 Å². The molecule has 6 nitrogen and oxygen atoms in total. The highest BCUT2D eigenvalue weighted by atomic mass is 19.4. The van der Waals surface area contributed by atoms with Gasteiger partial charge in [0.2, 0.25) is 0 Å². The second kappa shape index (κ2) is 12.4. The van der Waals surface area contributed by atoms with Crippen LogP contribution in [-0.4, -0.2) is 35.1 Å². The summed E-state index contributed by atoms with van der Waals surface area (Å²) in [5.41, 5.74) is 2.47. The largest absolute Gasteiger partial charge is 0.490 e. The van der Waals surface area contributed by atoms with E-state index in [1.807, 2.05) is 83.1 Å². The quantitative estimate of drug-likeness (QED) is 0.326. The van der Waals surface area contributed by atoms with E-state index in [9.17, 15) is 18.0 Å². The number of halogens is 3. The van der Waals surface area contributed by atoms with Crippen molar-refractivity contribution in [3.8, 4) is 23.0 Å². The van der Waals surface area contributed by atoms with Crippen molar-refractivity contribution in [2.75, 3.05) is 6.54 Å². The van der Waals surface area contributed by atoms with Crippen molar-refractivity contribution in [3.63, 3.8) is 0 Å². The second-order valence-corrected chi connectivity index (χ2v) is 9.23. The smallest absolute Gasteiger partial charge is 0.475 e. The molecular formula is C28H30F3NO5. The summed E-state index contributed by atoms with van der Waals surface area (Å²) in [5.74, 6) is -0.207. The molecule has 0 aromatic heterocycles. The maximum atomic E-state index is 12.7. The van der Waals surface area contributed by atoms with Crippen LogP contribution in [0, 0.1) is 13.8 Å². The molecule has 2 N–H and O–H groups in total. The number of carboxylic acids is 1. The fraction of sp³-hybridized carbons (Fsp3) is 0.286. The van der Waals surface area contributed by atoms with Gasteiger partial charge in [0, 0.05) is 11.1 Å². The molecule has 0 unspecified atom stereocenters. The normalized spacial score (nSPS) is 11.2. The van der Waals surface area contributed by atoms with Gasteiger partial charge in [-0.3, -0.25) is 4.79 Å². The average Bonchev–Trinajstić information content (AvgIpc) is 2.80. The van der Waals surface area contributed by atoms with Crippen LogP contribution in [0.3, 0.4) is 0 Å². The van der Waals surface area contributed by atoms with Crippen molar-refractivity contribution in [1.29, 1.82) is 0 Å². The monoisotopic (exact) mass is 517 g/mol. The zero-order valence-electron chi connectivity index (χ0n) is 21.3. The second-order valence-electron chi connectivity index (χ2n) is 9.23. The number of para-hydroxylation sites is 2. The molecule has 3 aromatic carbocycles. The molecule has 0 aliphatic rings. The number of alkyl halides is 3. The number of nitrogens with one attached hydrogen (secondary N) is 1. The van der Waals surface area contributed by atoms with Crippen LogP contribution in [0.5, 0.6) is 23.0 Å². The van der Waals surface area contributed by atoms with Gasteiger partial charge in [0.05, 0.1) is 6.54 Å². The number of ketones is 1. The molecule has 0 fully saturated rings. The van der Waals surface area contributed by atoms with Crippen LogP contribution in [0.4, 0.5) is 13.2 Å². The van der Waals surface area contributed by atoms with E-state index in [0.717, 1.165) is 22.6 Å². The van der Waals surface area contributed by atoms with Crippen molar-refractivity contribution in [1.82, 2.24) is 5.32 Å². The third-order valence-electron chi connectivity index (χ3n) is 4.91. The molecule has 0 saturated heterocycles. The minimum absolute atomic E-state index is 0.00185. The predicted octanol–water partition coefficient (Wildman–Crippen LogP) is 7.09. The fourth-order valence-electron chi connectivity index (χ4n) is 2.87. The minimum Gasteiger partial charge on any atom is -0.475 e. The van der Waals surface area contributed by atoms with Crippen LogP contribution in [0.2, 0.25) is 0 Å². The summed E-state index contributed by atoms with van der Waals surface area (Å²) >= 11 is 0. The summed E-state index contributed by atoms with van der Waals surface area (Å²) in [6, 6.07) is 20.9. The Bertz CT molecular complexity index is 1230. The molecule has 0 spiro atoms. The molecule has 3 aromatic rings. The maximum absolute atomic E-state index is 12.7. The zero-order valence-corrected chi connectivity index (χ0v) is 21.3.